The molecule has 0 spiro atoms. The fourth-order valence-corrected chi connectivity index (χ4v) is 2.95. The van der Waals surface area contributed by atoms with Crippen molar-refractivity contribution in [2.75, 3.05) is 17.3 Å². The number of benzene rings is 1. The Morgan fingerprint density at radius 3 is 2.45 bits per heavy atom. The maximum Gasteiger partial charge on any atom is 0.319 e. The van der Waals surface area contributed by atoms with Gasteiger partial charge in [-0.25, -0.2) is 4.79 Å². The van der Waals surface area contributed by atoms with Crippen molar-refractivity contribution in [3.63, 3.8) is 0 Å². The summed E-state index contributed by atoms with van der Waals surface area (Å²) in [6.45, 7) is 6.08. The Morgan fingerprint density at radius 1 is 1.25 bits per heavy atom. The molecular formula is C15H24N2O2S. The third kappa shape index (κ3) is 5.33. The van der Waals surface area contributed by atoms with Crippen LogP contribution in [0, 0.1) is 0 Å². The second-order valence-corrected chi connectivity index (χ2v) is 6.41. The number of anilines is 1. The van der Waals surface area contributed by atoms with Gasteiger partial charge >= 0.3 is 6.03 Å². The highest BCUT2D eigenvalue weighted by atomic mass is 32.2. The van der Waals surface area contributed by atoms with E-state index in [0.717, 1.165) is 18.5 Å². The van der Waals surface area contributed by atoms with Crippen LogP contribution in [0.15, 0.2) is 18.2 Å². The number of hydrogen-bond donors (Lipinski definition) is 2. The Morgan fingerprint density at radius 2 is 1.90 bits per heavy atom. The van der Waals surface area contributed by atoms with Gasteiger partial charge in [0.2, 0.25) is 0 Å². The van der Waals surface area contributed by atoms with Crippen molar-refractivity contribution in [3.05, 3.63) is 29.3 Å². The summed E-state index contributed by atoms with van der Waals surface area (Å²) >= 11 is 0. The number of urea groups is 1. The molecule has 5 heteroatoms. The van der Waals surface area contributed by atoms with Gasteiger partial charge in [0.1, 0.15) is 0 Å². The predicted octanol–water partition coefficient (Wildman–Crippen LogP) is 2.70. The average molecular weight is 296 g/mol. The Labute approximate surface area is 123 Å². The molecule has 20 heavy (non-hydrogen) atoms. The molecule has 0 bridgehead atoms. The Kier molecular flexibility index (Phi) is 6.71. The quantitative estimate of drug-likeness (QED) is 0.848. The molecule has 2 unspecified atom stereocenters. The monoisotopic (exact) mass is 296 g/mol. The highest BCUT2D eigenvalue weighted by molar-refractivity contribution is 7.84. The lowest BCUT2D eigenvalue weighted by atomic mass is 10.0. The SMILES string of the molecule is CCc1ccc(NC(=O)NC(C)CS(C)=O)cc1CC. The molecule has 0 aliphatic carbocycles. The van der Waals surface area contributed by atoms with Gasteiger partial charge in [-0.05, 0) is 43.0 Å². The number of carbonyl (C=O) groups excluding carboxylic acids is 1. The van der Waals surface area contributed by atoms with Gasteiger partial charge in [0, 0.05) is 34.5 Å². The number of rotatable bonds is 6. The minimum atomic E-state index is -0.911. The van der Waals surface area contributed by atoms with Gasteiger partial charge in [-0.3, -0.25) is 4.21 Å². The molecule has 0 radical (unpaired) electrons. The minimum Gasteiger partial charge on any atom is -0.334 e. The van der Waals surface area contributed by atoms with Crippen molar-refractivity contribution in [3.8, 4) is 0 Å². The van der Waals surface area contributed by atoms with Crippen LogP contribution in [0.2, 0.25) is 0 Å². The molecule has 1 aromatic carbocycles. The van der Waals surface area contributed by atoms with E-state index in [1.807, 2.05) is 19.1 Å². The molecule has 1 rings (SSSR count). The lowest BCUT2D eigenvalue weighted by Gasteiger charge is -2.14. The van der Waals surface area contributed by atoms with Gasteiger partial charge in [0.05, 0.1) is 0 Å². The van der Waals surface area contributed by atoms with Gasteiger partial charge in [-0.1, -0.05) is 19.9 Å². The van der Waals surface area contributed by atoms with Gasteiger partial charge in [0.25, 0.3) is 0 Å². The molecule has 2 N–H and O–H groups in total. The molecule has 4 nitrogen and oxygen atoms in total. The number of amides is 2. The largest absolute Gasteiger partial charge is 0.334 e. The summed E-state index contributed by atoms with van der Waals surface area (Å²) in [6, 6.07) is 5.62. The highest BCUT2D eigenvalue weighted by Gasteiger charge is 2.09. The van der Waals surface area contributed by atoms with Crippen molar-refractivity contribution in [2.45, 2.75) is 39.7 Å². The van der Waals surface area contributed by atoms with E-state index in [2.05, 4.69) is 30.5 Å². The van der Waals surface area contributed by atoms with Crippen molar-refractivity contribution in [1.82, 2.24) is 5.32 Å². The molecule has 0 saturated carbocycles. The molecule has 112 valence electrons. The first-order chi connectivity index (χ1) is 9.46. The summed E-state index contributed by atoms with van der Waals surface area (Å²) < 4.78 is 11.1. The first-order valence-corrected chi connectivity index (χ1v) is 8.68. The van der Waals surface area contributed by atoms with Crippen molar-refractivity contribution in [1.29, 1.82) is 0 Å². The first kappa shape index (κ1) is 16.7. The molecule has 0 aromatic heterocycles. The lowest BCUT2D eigenvalue weighted by molar-refractivity contribution is 0.250. The van der Waals surface area contributed by atoms with Crippen LogP contribution in [0.1, 0.15) is 31.9 Å². The van der Waals surface area contributed by atoms with E-state index < -0.39 is 10.8 Å². The second kappa shape index (κ2) is 8.04. The zero-order valence-corrected chi connectivity index (χ0v) is 13.5. The van der Waals surface area contributed by atoms with E-state index in [1.54, 1.807) is 6.26 Å². The van der Waals surface area contributed by atoms with Gasteiger partial charge < -0.3 is 10.6 Å². The number of aryl methyl sites for hydroxylation is 2. The number of carbonyl (C=O) groups is 1. The maximum absolute atomic E-state index is 11.8. The van der Waals surface area contributed by atoms with Crippen molar-refractivity contribution >= 4 is 22.5 Å². The van der Waals surface area contributed by atoms with Crippen LogP contribution in [0.3, 0.4) is 0 Å². The topological polar surface area (TPSA) is 58.2 Å². The molecule has 0 aliphatic rings. The smallest absolute Gasteiger partial charge is 0.319 e. The molecule has 0 saturated heterocycles. The molecule has 2 atom stereocenters. The molecule has 2 amide bonds. The fourth-order valence-electron chi connectivity index (χ4n) is 2.16. The van der Waals surface area contributed by atoms with Crippen LogP contribution in [0.5, 0.6) is 0 Å². The van der Waals surface area contributed by atoms with Crippen LogP contribution in [-0.2, 0) is 23.6 Å². The fraction of sp³-hybridized carbons (Fsp3) is 0.533. The molecule has 0 heterocycles. The first-order valence-electron chi connectivity index (χ1n) is 6.95. The Hall–Kier alpha value is -1.36. The highest BCUT2D eigenvalue weighted by Crippen LogP contribution is 2.17. The van der Waals surface area contributed by atoms with E-state index in [0.29, 0.717) is 5.75 Å². The standard InChI is InChI=1S/C15H24N2O2S/c1-5-12-7-8-14(9-13(12)6-2)17-15(18)16-11(3)10-20(4)19/h7-9,11H,5-6,10H2,1-4H3,(H2,16,17,18). The van der Waals surface area contributed by atoms with E-state index in [1.165, 1.54) is 11.1 Å². The lowest BCUT2D eigenvalue weighted by Crippen LogP contribution is -2.39. The van der Waals surface area contributed by atoms with Gasteiger partial charge in [0.15, 0.2) is 0 Å². The summed E-state index contributed by atoms with van der Waals surface area (Å²) in [5, 5.41) is 5.61. The summed E-state index contributed by atoms with van der Waals surface area (Å²) in [5.41, 5.74) is 3.36. The Bertz CT molecular complexity index is 489. The van der Waals surface area contributed by atoms with Gasteiger partial charge in [-0.2, -0.15) is 0 Å². The summed E-state index contributed by atoms with van der Waals surface area (Å²) in [5.74, 6) is 0.461. The number of hydrogen-bond acceptors (Lipinski definition) is 2. The number of nitrogens with one attached hydrogen (secondary N) is 2. The summed E-state index contributed by atoms with van der Waals surface area (Å²) in [4.78, 5) is 11.8. The Balaban J connectivity index is 2.64. The zero-order valence-electron chi connectivity index (χ0n) is 12.7. The average Bonchev–Trinajstić information content (AvgIpc) is 2.37. The van der Waals surface area contributed by atoms with E-state index in [9.17, 15) is 9.00 Å². The minimum absolute atomic E-state index is 0.110. The zero-order chi connectivity index (χ0) is 15.1. The molecular weight excluding hydrogens is 272 g/mol. The van der Waals surface area contributed by atoms with E-state index in [-0.39, 0.29) is 12.1 Å². The molecule has 0 fully saturated rings. The second-order valence-electron chi connectivity index (χ2n) is 4.93. The summed E-state index contributed by atoms with van der Waals surface area (Å²) in [6.07, 6.45) is 3.58. The normalized spacial score (nSPS) is 13.6. The van der Waals surface area contributed by atoms with Crippen LogP contribution in [-0.4, -0.2) is 28.3 Å². The van der Waals surface area contributed by atoms with Crippen LogP contribution < -0.4 is 10.6 Å². The predicted molar refractivity (Wildman–Crippen MR) is 85.7 cm³/mol. The maximum atomic E-state index is 11.8. The molecule has 1 aromatic rings. The van der Waals surface area contributed by atoms with Crippen molar-refractivity contribution < 1.29 is 9.00 Å². The van der Waals surface area contributed by atoms with Crippen LogP contribution in [0.25, 0.3) is 0 Å². The van der Waals surface area contributed by atoms with Crippen LogP contribution >= 0.6 is 0 Å². The van der Waals surface area contributed by atoms with E-state index in [4.69, 9.17) is 0 Å². The summed E-state index contributed by atoms with van der Waals surface area (Å²) in [7, 11) is -0.911. The van der Waals surface area contributed by atoms with Crippen molar-refractivity contribution in [2.24, 2.45) is 0 Å². The van der Waals surface area contributed by atoms with E-state index >= 15 is 0 Å². The third-order valence-electron chi connectivity index (χ3n) is 3.09. The molecule has 0 aliphatic heterocycles. The van der Waals surface area contributed by atoms with Gasteiger partial charge in [-0.15, -0.1) is 0 Å². The van der Waals surface area contributed by atoms with Crippen LogP contribution in [0.4, 0.5) is 10.5 Å². The third-order valence-corrected chi connectivity index (χ3v) is 4.06.